The summed E-state index contributed by atoms with van der Waals surface area (Å²) in [5.74, 6) is 1.48. The van der Waals surface area contributed by atoms with Crippen LogP contribution in [0.4, 0.5) is 13.2 Å². The SMILES string of the molecule is C[N+](C)(C)C[C@@H](CC(=O)OC(=O)C(F)(F)F)NC(=O)c1ccc(C#Cc2ccsc2)s1. The Morgan fingerprint density at radius 2 is 1.87 bits per heavy atom. The molecule has 31 heavy (non-hydrogen) atoms. The van der Waals surface area contributed by atoms with Crippen LogP contribution in [0.15, 0.2) is 29.0 Å². The zero-order valence-corrected chi connectivity index (χ0v) is 18.5. The first-order valence-electron chi connectivity index (χ1n) is 8.91. The second kappa shape index (κ2) is 10.1. The minimum atomic E-state index is -5.27. The summed E-state index contributed by atoms with van der Waals surface area (Å²) in [6.07, 6.45) is -5.86. The van der Waals surface area contributed by atoms with Crippen LogP contribution in [0.3, 0.4) is 0 Å². The number of halogens is 3. The van der Waals surface area contributed by atoms with Crippen molar-refractivity contribution >= 4 is 40.5 Å². The maximum Gasteiger partial charge on any atom is 0.491 e. The van der Waals surface area contributed by atoms with E-state index in [4.69, 9.17) is 0 Å². The van der Waals surface area contributed by atoms with E-state index in [-0.39, 0.29) is 6.54 Å². The minimum absolute atomic E-state index is 0.219. The highest BCUT2D eigenvalue weighted by molar-refractivity contribution is 7.14. The minimum Gasteiger partial charge on any atom is -0.386 e. The molecule has 6 nitrogen and oxygen atoms in total. The molecule has 0 aliphatic carbocycles. The van der Waals surface area contributed by atoms with Crippen LogP contribution in [0, 0.1) is 11.8 Å². The van der Waals surface area contributed by atoms with Crippen molar-refractivity contribution in [3.8, 4) is 11.8 Å². The van der Waals surface area contributed by atoms with Gasteiger partial charge in [-0.05, 0) is 23.6 Å². The topological polar surface area (TPSA) is 72.5 Å². The Morgan fingerprint density at radius 1 is 1.16 bits per heavy atom. The van der Waals surface area contributed by atoms with E-state index in [1.54, 1.807) is 33.3 Å². The molecular formula is C20H20F3N2O4S2+. The van der Waals surface area contributed by atoms with Gasteiger partial charge in [0.15, 0.2) is 0 Å². The number of alkyl halides is 3. The van der Waals surface area contributed by atoms with Gasteiger partial charge in [-0.2, -0.15) is 24.5 Å². The maximum atomic E-state index is 12.6. The van der Waals surface area contributed by atoms with E-state index in [1.165, 1.54) is 11.3 Å². The number of quaternary nitrogens is 1. The number of nitrogens with zero attached hydrogens (tertiary/aromatic N) is 1. The van der Waals surface area contributed by atoms with Crippen LogP contribution < -0.4 is 5.32 Å². The fourth-order valence-electron chi connectivity index (χ4n) is 2.48. The van der Waals surface area contributed by atoms with Crippen LogP contribution in [0.1, 0.15) is 26.5 Å². The van der Waals surface area contributed by atoms with Crippen molar-refractivity contribution < 1.29 is 36.8 Å². The molecule has 1 amide bonds. The molecule has 0 saturated carbocycles. The summed E-state index contributed by atoms with van der Waals surface area (Å²) in [7, 11) is 5.36. The molecule has 0 saturated heterocycles. The van der Waals surface area contributed by atoms with Gasteiger partial charge in [0.25, 0.3) is 5.91 Å². The van der Waals surface area contributed by atoms with Gasteiger partial charge in [0.05, 0.1) is 49.9 Å². The summed E-state index contributed by atoms with van der Waals surface area (Å²) in [5.41, 5.74) is 0.860. The van der Waals surface area contributed by atoms with E-state index < -0.39 is 36.5 Å². The van der Waals surface area contributed by atoms with E-state index in [9.17, 15) is 27.6 Å². The first kappa shape index (κ1) is 24.6. The molecule has 0 bridgehead atoms. The first-order valence-corrected chi connectivity index (χ1v) is 10.7. The van der Waals surface area contributed by atoms with Crippen LogP contribution in [0.25, 0.3) is 0 Å². The van der Waals surface area contributed by atoms with Gasteiger partial charge in [-0.3, -0.25) is 9.59 Å². The van der Waals surface area contributed by atoms with Crippen LogP contribution >= 0.6 is 22.7 Å². The molecule has 0 aromatic carbocycles. The predicted molar refractivity (Wildman–Crippen MR) is 111 cm³/mol. The first-order chi connectivity index (χ1) is 14.3. The summed E-state index contributed by atoms with van der Waals surface area (Å²) in [6.45, 7) is 0.219. The molecule has 0 fully saturated rings. The lowest BCUT2D eigenvalue weighted by atomic mass is 10.1. The molecule has 0 aliphatic heterocycles. The van der Waals surface area contributed by atoms with Gasteiger partial charge in [0.1, 0.15) is 0 Å². The van der Waals surface area contributed by atoms with Crippen molar-refractivity contribution in [1.29, 1.82) is 0 Å². The number of ether oxygens (including phenoxy) is 1. The van der Waals surface area contributed by atoms with Crippen LogP contribution in [0.2, 0.25) is 0 Å². The second-order valence-electron chi connectivity index (χ2n) is 7.53. The average Bonchev–Trinajstić information content (AvgIpc) is 3.29. The second-order valence-corrected chi connectivity index (χ2v) is 9.40. The number of hydrogen-bond acceptors (Lipinski definition) is 6. The Labute approximate surface area is 185 Å². The third kappa shape index (κ3) is 8.53. The zero-order chi connectivity index (χ0) is 23.2. The Hall–Kier alpha value is -2.68. The Morgan fingerprint density at radius 3 is 2.45 bits per heavy atom. The lowest BCUT2D eigenvalue weighted by molar-refractivity contribution is -0.871. The van der Waals surface area contributed by atoms with Crippen LogP contribution in [-0.4, -0.2) is 62.2 Å². The summed E-state index contributed by atoms with van der Waals surface area (Å²) >= 11 is 2.67. The number of rotatable bonds is 6. The Bertz CT molecular complexity index is 996. The summed E-state index contributed by atoms with van der Waals surface area (Å²) in [5, 5.41) is 6.43. The highest BCUT2D eigenvalue weighted by Gasteiger charge is 2.42. The number of hydrogen-bond donors (Lipinski definition) is 1. The van der Waals surface area contributed by atoms with E-state index >= 15 is 0 Å². The molecule has 2 heterocycles. The quantitative estimate of drug-likeness (QED) is 0.303. The third-order valence-corrected chi connectivity index (χ3v) is 5.32. The number of carbonyl (C=O) groups excluding carboxylic acids is 3. The third-order valence-electron chi connectivity index (χ3n) is 3.64. The number of carbonyl (C=O) groups is 3. The van der Waals surface area contributed by atoms with Crippen molar-refractivity contribution in [3.63, 3.8) is 0 Å². The smallest absolute Gasteiger partial charge is 0.386 e. The number of nitrogens with one attached hydrogen (secondary N) is 1. The molecule has 11 heteroatoms. The van der Waals surface area contributed by atoms with Gasteiger partial charge in [0.2, 0.25) is 0 Å². The molecule has 0 spiro atoms. The summed E-state index contributed by atoms with van der Waals surface area (Å²) < 4.78 is 41.0. The van der Waals surface area contributed by atoms with Gasteiger partial charge < -0.3 is 14.5 Å². The van der Waals surface area contributed by atoms with Crippen LogP contribution in [-0.2, 0) is 14.3 Å². The molecule has 2 aromatic rings. The molecule has 166 valence electrons. The van der Waals surface area contributed by atoms with Crippen molar-refractivity contribution in [2.75, 3.05) is 27.7 Å². The van der Waals surface area contributed by atoms with E-state index in [2.05, 4.69) is 21.9 Å². The molecule has 1 N–H and O–H groups in total. The maximum absolute atomic E-state index is 12.6. The monoisotopic (exact) mass is 473 g/mol. The van der Waals surface area contributed by atoms with Crippen molar-refractivity contribution in [2.24, 2.45) is 0 Å². The lowest BCUT2D eigenvalue weighted by Crippen LogP contribution is -2.50. The van der Waals surface area contributed by atoms with Gasteiger partial charge in [-0.25, -0.2) is 4.79 Å². The fraction of sp³-hybridized carbons (Fsp3) is 0.350. The molecule has 1 atom stereocenters. The van der Waals surface area contributed by atoms with Crippen LogP contribution in [0.5, 0.6) is 0 Å². The van der Waals surface area contributed by atoms with Crippen molar-refractivity contribution in [2.45, 2.75) is 18.6 Å². The van der Waals surface area contributed by atoms with Gasteiger partial charge in [0, 0.05) is 10.9 Å². The predicted octanol–water partition coefficient (Wildman–Crippen LogP) is 3.04. The zero-order valence-electron chi connectivity index (χ0n) is 16.9. The molecule has 2 rings (SSSR count). The molecule has 2 aromatic heterocycles. The number of esters is 2. The highest BCUT2D eigenvalue weighted by atomic mass is 32.1. The highest BCUT2D eigenvalue weighted by Crippen LogP contribution is 2.18. The van der Waals surface area contributed by atoms with Gasteiger partial charge >= 0.3 is 18.1 Å². The number of likely N-dealkylation sites (N-methyl/N-ethyl adjacent to an activating group) is 1. The molecule has 0 radical (unpaired) electrons. The average molecular weight is 474 g/mol. The molecule has 0 unspecified atom stereocenters. The Kier molecular flexibility index (Phi) is 8.00. The number of thiophene rings is 2. The van der Waals surface area contributed by atoms with E-state index in [0.717, 1.165) is 16.9 Å². The molecule has 0 aliphatic rings. The van der Waals surface area contributed by atoms with Gasteiger partial charge in [-0.15, -0.1) is 11.3 Å². The normalized spacial score (nSPS) is 12.5. The van der Waals surface area contributed by atoms with Crippen molar-refractivity contribution in [3.05, 3.63) is 44.3 Å². The van der Waals surface area contributed by atoms with Gasteiger partial charge in [-0.1, -0.05) is 11.8 Å². The lowest BCUT2D eigenvalue weighted by Gasteiger charge is -2.29. The Balaban J connectivity index is 2.05. The van der Waals surface area contributed by atoms with E-state index in [1.807, 2.05) is 16.8 Å². The number of amides is 1. The summed E-state index contributed by atoms with van der Waals surface area (Å²) in [4.78, 5) is 36.3. The fourth-order valence-corrected chi connectivity index (χ4v) is 3.83. The summed E-state index contributed by atoms with van der Waals surface area (Å²) in [6, 6.07) is 4.29. The standard InChI is InChI=1S/C20H19F3N2O4S2/c1-25(2,3)11-14(10-17(26)29-19(28)20(21,22)23)24-18(27)16-7-6-15(31-16)5-4-13-8-9-30-12-13/h6-9,12,14H,10-11H2,1-3H3/p+1/t14-/m1/s1. The largest absolute Gasteiger partial charge is 0.491 e. The molecular weight excluding hydrogens is 453 g/mol. The van der Waals surface area contributed by atoms with E-state index in [0.29, 0.717) is 14.2 Å². The van der Waals surface area contributed by atoms with Crippen molar-refractivity contribution in [1.82, 2.24) is 5.32 Å².